The lowest BCUT2D eigenvalue weighted by atomic mass is 10.1. The van der Waals surface area contributed by atoms with Gasteiger partial charge < -0.3 is 11.1 Å². The molecule has 1 aromatic rings. The Morgan fingerprint density at radius 1 is 1.50 bits per heavy atom. The Kier molecular flexibility index (Phi) is 2.95. The molecule has 0 radical (unpaired) electrons. The topological polar surface area (TPSA) is 63.8 Å². The lowest BCUT2D eigenvalue weighted by Crippen LogP contribution is -2.06. The first-order valence-electron chi connectivity index (χ1n) is 4.80. The fourth-order valence-corrected chi connectivity index (χ4v) is 1.38. The molecule has 0 spiro atoms. The highest BCUT2D eigenvalue weighted by atomic mass is 19.1. The second-order valence-electron chi connectivity index (χ2n) is 3.31. The van der Waals surface area contributed by atoms with E-state index < -0.39 is 5.82 Å². The maximum Gasteiger partial charge on any atom is 0.184 e. The molecule has 0 atom stereocenters. The van der Waals surface area contributed by atoms with Crippen molar-refractivity contribution >= 4 is 5.82 Å². The van der Waals surface area contributed by atoms with Crippen molar-refractivity contribution in [3.05, 3.63) is 54.0 Å². The van der Waals surface area contributed by atoms with Crippen molar-refractivity contribution < 1.29 is 4.39 Å². The molecule has 0 amide bonds. The SMILES string of the molecule is NC=C1C=CC=C(Nc2ncncc2F)C1. The van der Waals surface area contributed by atoms with Crippen LogP contribution >= 0.6 is 0 Å². The molecule has 0 saturated carbocycles. The molecule has 3 N–H and O–H groups in total. The maximum atomic E-state index is 13.3. The summed E-state index contributed by atoms with van der Waals surface area (Å²) < 4.78 is 13.3. The lowest BCUT2D eigenvalue weighted by Gasteiger charge is -2.13. The third-order valence-electron chi connectivity index (χ3n) is 2.16. The molecule has 1 aliphatic carbocycles. The molecule has 82 valence electrons. The summed E-state index contributed by atoms with van der Waals surface area (Å²) >= 11 is 0. The zero-order valence-electron chi connectivity index (χ0n) is 8.52. The molecular weight excluding hydrogens is 207 g/mol. The Morgan fingerprint density at radius 2 is 2.38 bits per heavy atom. The number of nitrogens with zero attached hydrogens (tertiary/aromatic N) is 2. The number of allylic oxidation sites excluding steroid dienone is 4. The van der Waals surface area contributed by atoms with Gasteiger partial charge in [0, 0.05) is 12.1 Å². The highest BCUT2D eigenvalue weighted by molar-refractivity contribution is 5.46. The number of anilines is 1. The van der Waals surface area contributed by atoms with E-state index in [2.05, 4.69) is 15.3 Å². The van der Waals surface area contributed by atoms with E-state index in [0.717, 1.165) is 17.5 Å². The lowest BCUT2D eigenvalue weighted by molar-refractivity contribution is 0.618. The van der Waals surface area contributed by atoms with E-state index in [9.17, 15) is 4.39 Å². The summed E-state index contributed by atoms with van der Waals surface area (Å²) in [7, 11) is 0. The Labute approximate surface area is 92.4 Å². The average Bonchev–Trinajstić information content (AvgIpc) is 2.32. The van der Waals surface area contributed by atoms with Gasteiger partial charge in [0.1, 0.15) is 6.33 Å². The third-order valence-corrected chi connectivity index (χ3v) is 2.16. The first-order valence-corrected chi connectivity index (χ1v) is 4.80. The van der Waals surface area contributed by atoms with E-state index in [-0.39, 0.29) is 5.82 Å². The molecule has 0 saturated heterocycles. The monoisotopic (exact) mass is 218 g/mol. The summed E-state index contributed by atoms with van der Waals surface area (Å²) in [5, 5.41) is 2.90. The van der Waals surface area contributed by atoms with Crippen molar-refractivity contribution in [2.75, 3.05) is 5.32 Å². The first kappa shape index (κ1) is 10.4. The second kappa shape index (κ2) is 4.57. The van der Waals surface area contributed by atoms with Crippen LogP contribution in [0.1, 0.15) is 6.42 Å². The quantitative estimate of drug-likeness (QED) is 0.793. The third kappa shape index (κ3) is 2.25. The van der Waals surface area contributed by atoms with E-state index in [0.29, 0.717) is 6.42 Å². The van der Waals surface area contributed by atoms with Gasteiger partial charge in [0.15, 0.2) is 11.6 Å². The summed E-state index contributed by atoms with van der Waals surface area (Å²) in [6, 6.07) is 0. The van der Waals surface area contributed by atoms with Crippen molar-refractivity contribution in [1.82, 2.24) is 9.97 Å². The van der Waals surface area contributed by atoms with E-state index in [1.54, 1.807) is 0 Å². The van der Waals surface area contributed by atoms with E-state index in [1.165, 1.54) is 12.5 Å². The zero-order valence-corrected chi connectivity index (χ0v) is 8.52. The van der Waals surface area contributed by atoms with Crippen LogP contribution < -0.4 is 11.1 Å². The molecule has 2 rings (SSSR count). The highest BCUT2D eigenvalue weighted by Gasteiger charge is 2.08. The minimum atomic E-state index is -0.476. The molecule has 0 aliphatic heterocycles. The minimum absolute atomic E-state index is 0.174. The van der Waals surface area contributed by atoms with Crippen molar-refractivity contribution in [3.8, 4) is 0 Å². The predicted molar refractivity (Wildman–Crippen MR) is 59.7 cm³/mol. The number of hydrogen-bond donors (Lipinski definition) is 2. The molecular formula is C11H11FN4. The van der Waals surface area contributed by atoms with Gasteiger partial charge in [-0.1, -0.05) is 12.2 Å². The van der Waals surface area contributed by atoms with Crippen LogP contribution in [0.5, 0.6) is 0 Å². The standard InChI is InChI=1S/C11H11FN4/c12-10-6-14-7-15-11(10)16-9-3-1-2-8(4-9)5-13/h1-3,5-7H,4,13H2,(H,14,15,16). The van der Waals surface area contributed by atoms with Gasteiger partial charge in [0.25, 0.3) is 0 Å². The Balaban J connectivity index is 2.15. The van der Waals surface area contributed by atoms with E-state index in [1.807, 2.05) is 18.2 Å². The number of rotatable bonds is 2. The van der Waals surface area contributed by atoms with Crippen LogP contribution in [0.3, 0.4) is 0 Å². The van der Waals surface area contributed by atoms with Gasteiger partial charge in [-0.25, -0.2) is 14.4 Å². The van der Waals surface area contributed by atoms with E-state index >= 15 is 0 Å². The zero-order chi connectivity index (χ0) is 11.4. The number of aromatic nitrogens is 2. The van der Waals surface area contributed by atoms with Crippen molar-refractivity contribution in [1.29, 1.82) is 0 Å². The van der Waals surface area contributed by atoms with Crippen LogP contribution in [0.2, 0.25) is 0 Å². The molecule has 5 heteroatoms. The molecule has 0 bridgehead atoms. The Hall–Kier alpha value is -2.17. The van der Waals surface area contributed by atoms with Gasteiger partial charge in [0.05, 0.1) is 6.20 Å². The normalized spacial score (nSPS) is 17.3. The largest absolute Gasteiger partial charge is 0.404 e. The summed E-state index contributed by atoms with van der Waals surface area (Å²) in [6.07, 6.45) is 10.2. The predicted octanol–water partition coefficient (Wildman–Crippen LogP) is 1.71. The molecule has 1 aromatic heterocycles. The fourth-order valence-electron chi connectivity index (χ4n) is 1.38. The minimum Gasteiger partial charge on any atom is -0.404 e. The Morgan fingerprint density at radius 3 is 3.12 bits per heavy atom. The summed E-state index contributed by atoms with van der Waals surface area (Å²) in [5.74, 6) is -0.302. The molecule has 0 fully saturated rings. The first-order chi connectivity index (χ1) is 7.79. The van der Waals surface area contributed by atoms with Crippen LogP contribution in [0.25, 0.3) is 0 Å². The van der Waals surface area contributed by atoms with Crippen molar-refractivity contribution in [2.24, 2.45) is 5.73 Å². The van der Waals surface area contributed by atoms with Gasteiger partial charge in [-0.05, 0) is 17.8 Å². The number of nitrogens with one attached hydrogen (secondary N) is 1. The molecule has 4 nitrogen and oxygen atoms in total. The van der Waals surface area contributed by atoms with Crippen molar-refractivity contribution in [2.45, 2.75) is 6.42 Å². The molecule has 0 unspecified atom stereocenters. The summed E-state index contributed by atoms with van der Waals surface area (Å²) in [6.45, 7) is 0. The van der Waals surface area contributed by atoms with Crippen LogP contribution in [0.15, 0.2) is 48.2 Å². The summed E-state index contributed by atoms with van der Waals surface area (Å²) in [5.41, 5.74) is 7.24. The average molecular weight is 218 g/mol. The number of halogens is 1. The second-order valence-corrected chi connectivity index (χ2v) is 3.31. The highest BCUT2D eigenvalue weighted by Crippen LogP contribution is 2.19. The number of hydrogen-bond acceptors (Lipinski definition) is 4. The van der Waals surface area contributed by atoms with Crippen LogP contribution in [-0.2, 0) is 0 Å². The van der Waals surface area contributed by atoms with E-state index in [4.69, 9.17) is 5.73 Å². The smallest absolute Gasteiger partial charge is 0.184 e. The molecule has 1 heterocycles. The summed E-state index contributed by atoms with van der Waals surface area (Å²) in [4.78, 5) is 7.39. The van der Waals surface area contributed by atoms with Gasteiger partial charge in [-0.3, -0.25) is 0 Å². The van der Waals surface area contributed by atoms with Gasteiger partial charge in [-0.2, -0.15) is 0 Å². The van der Waals surface area contributed by atoms with Gasteiger partial charge >= 0.3 is 0 Å². The molecule has 0 aromatic carbocycles. The van der Waals surface area contributed by atoms with Gasteiger partial charge in [-0.15, -0.1) is 0 Å². The molecule has 1 aliphatic rings. The van der Waals surface area contributed by atoms with Crippen LogP contribution in [0.4, 0.5) is 10.2 Å². The van der Waals surface area contributed by atoms with Gasteiger partial charge in [0.2, 0.25) is 0 Å². The molecule has 16 heavy (non-hydrogen) atoms. The maximum absolute atomic E-state index is 13.3. The fraction of sp³-hybridized carbons (Fsp3) is 0.0909. The van der Waals surface area contributed by atoms with Crippen LogP contribution in [-0.4, -0.2) is 9.97 Å². The Bertz CT molecular complexity index is 477. The van der Waals surface area contributed by atoms with Crippen LogP contribution in [0, 0.1) is 5.82 Å². The number of nitrogens with two attached hydrogens (primary N) is 1. The van der Waals surface area contributed by atoms with Crippen molar-refractivity contribution in [3.63, 3.8) is 0 Å².